The molecule has 0 radical (unpaired) electrons. The Morgan fingerprint density at radius 2 is 1.78 bits per heavy atom. The number of hydrogen-bond acceptors (Lipinski definition) is 4. The number of rotatable bonds is 9. The van der Waals surface area contributed by atoms with E-state index >= 15 is 0 Å². The summed E-state index contributed by atoms with van der Waals surface area (Å²) in [6.07, 6.45) is 2.35. The van der Waals surface area contributed by atoms with Crippen LogP contribution in [0.5, 0.6) is 0 Å². The van der Waals surface area contributed by atoms with Crippen LogP contribution in [0.1, 0.15) is 31.4 Å². The summed E-state index contributed by atoms with van der Waals surface area (Å²) >= 11 is 0. The zero-order valence-corrected chi connectivity index (χ0v) is 15.8. The molecule has 132 valence electrons. The quantitative estimate of drug-likeness (QED) is 0.724. The van der Waals surface area contributed by atoms with Crippen molar-refractivity contribution >= 4 is 25.7 Å². The second-order valence-corrected chi connectivity index (χ2v) is 9.32. The highest BCUT2D eigenvalue weighted by Crippen LogP contribution is 2.27. The van der Waals surface area contributed by atoms with Crippen LogP contribution in [0.15, 0.2) is 18.2 Å². The van der Waals surface area contributed by atoms with Gasteiger partial charge in [0.05, 0.1) is 17.7 Å². The number of hydrogen-bond donors (Lipinski definition) is 1. The molecular weight excluding hydrogens is 336 g/mol. The van der Waals surface area contributed by atoms with Crippen molar-refractivity contribution in [2.45, 2.75) is 33.6 Å². The van der Waals surface area contributed by atoms with E-state index in [9.17, 15) is 16.8 Å². The molecule has 1 aromatic carbocycles. The SMILES string of the molecule is CCCS(=O)(=O)NCCN(c1c(C)cccc1CC)S(C)(=O)=O. The molecule has 0 saturated carbocycles. The van der Waals surface area contributed by atoms with Crippen LogP contribution in [0.25, 0.3) is 0 Å². The second-order valence-electron chi connectivity index (χ2n) is 5.48. The first kappa shape index (κ1) is 19.9. The molecule has 0 spiro atoms. The van der Waals surface area contributed by atoms with Crippen LogP contribution >= 0.6 is 0 Å². The predicted molar refractivity (Wildman–Crippen MR) is 94.8 cm³/mol. The van der Waals surface area contributed by atoms with E-state index in [1.807, 2.05) is 32.0 Å². The van der Waals surface area contributed by atoms with Crippen molar-refractivity contribution in [3.63, 3.8) is 0 Å². The zero-order valence-electron chi connectivity index (χ0n) is 14.2. The molecule has 0 amide bonds. The van der Waals surface area contributed by atoms with Crippen LogP contribution in [-0.4, -0.2) is 41.9 Å². The van der Waals surface area contributed by atoms with Crippen LogP contribution in [-0.2, 0) is 26.5 Å². The summed E-state index contributed by atoms with van der Waals surface area (Å²) in [5, 5.41) is 0. The average molecular weight is 363 g/mol. The van der Waals surface area contributed by atoms with Crippen molar-refractivity contribution in [2.24, 2.45) is 0 Å². The summed E-state index contributed by atoms with van der Waals surface area (Å²) in [6, 6.07) is 5.64. The number of sulfonamides is 2. The second kappa shape index (κ2) is 8.12. The Labute approximate surface area is 140 Å². The van der Waals surface area contributed by atoms with Gasteiger partial charge in [0.1, 0.15) is 0 Å². The van der Waals surface area contributed by atoms with Gasteiger partial charge in [0.15, 0.2) is 0 Å². The van der Waals surface area contributed by atoms with E-state index in [4.69, 9.17) is 0 Å². The molecular formula is C15H26N2O4S2. The third-order valence-electron chi connectivity index (χ3n) is 3.46. The van der Waals surface area contributed by atoms with Crippen LogP contribution in [0.4, 0.5) is 5.69 Å². The fourth-order valence-electron chi connectivity index (χ4n) is 2.45. The molecule has 1 N–H and O–H groups in total. The van der Waals surface area contributed by atoms with Crippen molar-refractivity contribution in [2.75, 3.05) is 29.4 Å². The smallest absolute Gasteiger partial charge is 0.232 e. The van der Waals surface area contributed by atoms with Crippen molar-refractivity contribution in [3.05, 3.63) is 29.3 Å². The highest BCUT2D eigenvalue weighted by Gasteiger charge is 2.22. The van der Waals surface area contributed by atoms with Crippen molar-refractivity contribution < 1.29 is 16.8 Å². The van der Waals surface area contributed by atoms with E-state index in [0.29, 0.717) is 18.5 Å². The molecule has 0 fully saturated rings. The maximum Gasteiger partial charge on any atom is 0.232 e. The first-order valence-electron chi connectivity index (χ1n) is 7.66. The van der Waals surface area contributed by atoms with Gasteiger partial charge >= 0.3 is 0 Å². The normalized spacial score (nSPS) is 12.3. The lowest BCUT2D eigenvalue weighted by atomic mass is 10.1. The van der Waals surface area contributed by atoms with Crippen LogP contribution in [0.2, 0.25) is 0 Å². The van der Waals surface area contributed by atoms with Crippen molar-refractivity contribution in [1.82, 2.24) is 4.72 Å². The Morgan fingerprint density at radius 1 is 1.13 bits per heavy atom. The van der Waals surface area contributed by atoms with Gasteiger partial charge in [-0.15, -0.1) is 0 Å². The Bertz CT molecular complexity index is 728. The number of para-hydroxylation sites is 1. The van der Waals surface area contributed by atoms with Gasteiger partial charge in [-0.1, -0.05) is 32.0 Å². The molecule has 0 aliphatic carbocycles. The molecule has 0 saturated heterocycles. The lowest BCUT2D eigenvalue weighted by Gasteiger charge is -2.26. The molecule has 0 atom stereocenters. The maximum absolute atomic E-state index is 12.2. The highest BCUT2D eigenvalue weighted by molar-refractivity contribution is 7.92. The highest BCUT2D eigenvalue weighted by atomic mass is 32.2. The van der Waals surface area contributed by atoms with E-state index in [-0.39, 0.29) is 18.8 Å². The predicted octanol–water partition coefficient (Wildman–Crippen LogP) is 1.65. The molecule has 0 aliphatic heterocycles. The van der Waals surface area contributed by atoms with Gasteiger partial charge in [-0.25, -0.2) is 21.6 Å². The van der Waals surface area contributed by atoms with Gasteiger partial charge in [-0.3, -0.25) is 4.31 Å². The number of aryl methyl sites for hydroxylation is 2. The van der Waals surface area contributed by atoms with Gasteiger partial charge in [-0.05, 0) is 30.9 Å². The summed E-state index contributed by atoms with van der Waals surface area (Å²) in [5.74, 6) is 0.0381. The number of nitrogens with zero attached hydrogens (tertiary/aromatic N) is 1. The van der Waals surface area contributed by atoms with E-state index in [1.165, 1.54) is 4.31 Å². The van der Waals surface area contributed by atoms with Gasteiger partial charge < -0.3 is 0 Å². The van der Waals surface area contributed by atoms with E-state index in [0.717, 1.165) is 17.4 Å². The largest absolute Gasteiger partial charge is 0.269 e. The molecule has 0 aromatic heterocycles. The lowest BCUT2D eigenvalue weighted by Crippen LogP contribution is -2.39. The minimum Gasteiger partial charge on any atom is -0.269 e. The standard InChI is InChI=1S/C15H26N2O4S2/c1-5-12-23(20,21)16-10-11-17(22(4,18)19)15-13(3)8-7-9-14(15)6-2/h7-9,16H,5-6,10-12H2,1-4H3. The summed E-state index contributed by atoms with van der Waals surface area (Å²) in [4.78, 5) is 0. The lowest BCUT2D eigenvalue weighted by molar-refractivity contribution is 0.577. The number of benzene rings is 1. The topological polar surface area (TPSA) is 83.6 Å². The molecule has 8 heteroatoms. The van der Waals surface area contributed by atoms with Gasteiger partial charge in [0.25, 0.3) is 0 Å². The number of nitrogens with one attached hydrogen (secondary N) is 1. The minimum atomic E-state index is -3.50. The van der Waals surface area contributed by atoms with E-state index in [2.05, 4.69) is 4.72 Å². The average Bonchev–Trinajstić information content (AvgIpc) is 2.42. The third kappa shape index (κ3) is 5.78. The van der Waals surface area contributed by atoms with Crippen LogP contribution in [0, 0.1) is 6.92 Å². The van der Waals surface area contributed by atoms with Crippen LogP contribution < -0.4 is 9.03 Å². The summed E-state index contributed by atoms with van der Waals surface area (Å²) in [7, 11) is -6.86. The van der Waals surface area contributed by atoms with E-state index < -0.39 is 20.0 Å². The Hall–Kier alpha value is -1.12. The first-order chi connectivity index (χ1) is 10.6. The molecule has 0 unspecified atom stereocenters. The summed E-state index contributed by atoms with van der Waals surface area (Å²) in [6.45, 7) is 5.71. The van der Waals surface area contributed by atoms with Crippen molar-refractivity contribution in [3.8, 4) is 0 Å². The fraction of sp³-hybridized carbons (Fsp3) is 0.600. The molecule has 6 nitrogen and oxygen atoms in total. The first-order valence-corrected chi connectivity index (χ1v) is 11.2. The van der Waals surface area contributed by atoms with Crippen molar-refractivity contribution in [1.29, 1.82) is 0 Å². The molecule has 1 rings (SSSR count). The summed E-state index contributed by atoms with van der Waals surface area (Å²) < 4.78 is 51.5. The third-order valence-corrected chi connectivity index (χ3v) is 6.22. The molecule has 23 heavy (non-hydrogen) atoms. The molecule has 1 aromatic rings. The monoisotopic (exact) mass is 362 g/mol. The minimum absolute atomic E-state index is 0.0381. The Kier molecular flexibility index (Phi) is 7.03. The van der Waals surface area contributed by atoms with Gasteiger partial charge in [0.2, 0.25) is 20.0 Å². The van der Waals surface area contributed by atoms with Crippen LogP contribution in [0.3, 0.4) is 0 Å². The molecule has 0 bridgehead atoms. The maximum atomic E-state index is 12.2. The van der Waals surface area contributed by atoms with Gasteiger partial charge in [0, 0.05) is 13.1 Å². The summed E-state index contributed by atoms with van der Waals surface area (Å²) in [5.41, 5.74) is 2.42. The molecule has 0 aliphatic rings. The molecule has 0 heterocycles. The Morgan fingerprint density at radius 3 is 2.30 bits per heavy atom. The van der Waals surface area contributed by atoms with Gasteiger partial charge in [-0.2, -0.15) is 0 Å². The Balaban J connectivity index is 3.05. The van der Waals surface area contributed by atoms with E-state index in [1.54, 1.807) is 6.92 Å². The number of anilines is 1. The zero-order chi connectivity index (χ0) is 17.7. The fourth-order valence-corrected chi connectivity index (χ4v) is 4.55.